The van der Waals surface area contributed by atoms with Crippen LogP contribution in [0.4, 0.5) is 0 Å². The van der Waals surface area contributed by atoms with Gasteiger partial charge in [0.25, 0.3) is 5.91 Å². The van der Waals surface area contributed by atoms with Gasteiger partial charge in [0.2, 0.25) is 0 Å². The van der Waals surface area contributed by atoms with E-state index in [4.69, 9.17) is 12.2 Å². The highest BCUT2D eigenvalue weighted by Gasteiger charge is 2.31. The Morgan fingerprint density at radius 2 is 1.86 bits per heavy atom. The molecule has 0 radical (unpaired) electrons. The van der Waals surface area contributed by atoms with Gasteiger partial charge in [-0.15, -0.1) is 0 Å². The molecule has 1 heterocycles. The lowest BCUT2D eigenvalue weighted by Crippen LogP contribution is -2.47. The molecule has 5 nitrogen and oxygen atoms in total. The van der Waals surface area contributed by atoms with E-state index in [9.17, 15) is 9.90 Å². The molecule has 2 rings (SSSR count). The van der Waals surface area contributed by atoms with Gasteiger partial charge < -0.3 is 20.6 Å². The number of allylic oxidation sites excluding steroid dienone is 1. The Morgan fingerprint density at radius 3 is 2.41 bits per heavy atom. The number of nitrogens with zero attached hydrogens (tertiary/aromatic N) is 1. The highest BCUT2D eigenvalue weighted by Crippen LogP contribution is 2.29. The number of phenolic OH excluding ortho intramolecular Hbond substituents is 1. The van der Waals surface area contributed by atoms with E-state index in [-0.39, 0.29) is 17.7 Å². The fourth-order valence-electron chi connectivity index (χ4n) is 2.58. The molecule has 0 bridgehead atoms. The minimum Gasteiger partial charge on any atom is -0.508 e. The number of likely N-dealkylation sites (N-methyl/N-ethyl adjacent to an activating group) is 1. The maximum atomic E-state index is 12.8. The number of thiocarbonyl (C=S) groups is 1. The van der Waals surface area contributed by atoms with Crippen LogP contribution in [0.3, 0.4) is 0 Å². The smallest absolute Gasteiger partial charge is 0.253 e. The molecule has 1 atom stereocenters. The van der Waals surface area contributed by atoms with Crippen LogP contribution in [-0.4, -0.2) is 34.1 Å². The minimum absolute atomic E-state index is 0.0110. The first kappa shape index (κ1) is 16.3. The van der Waals surface area contributed by atoms with Crippen LogP contribution in [0.1, 0.15) is 32.4 Å². The quantitative estimate of drug-likeness (QED) is 0.741. The van der Waals surface area contributed by atoms with E-state index in [1.54, 1.807) is 29.2 Å². The van der Waals surface area contributed by atoms with Crippen LogP contribution in [0.2, 0.25) is 0 Å². The summed E-state index contributed by atoms with van der Waals surface area (Å²) in [5, 5.41) is 16.1. The van der Waals surface area contributed by atoms with Crippen molar-refractivity contribution < 1.29 is 9.90 Å². The molecule has 0 fully saturated rings. The van der Waals surface area contributed by atoms with Gasteiger partial charge in [0, 0.05) is 18.8 Å². The summed E-state index contributed by atoms with van der Waals surface area (Å²) in [7, 11) is 0. The maximum absolute atomic E-state index is 12.8. The van der Waals surface area contributed by atoms with Crippen molar-refractivity contribution >= 4 is 23.2 Å². The number of benzene rings is 1. The fraction of sp³-hybridized carbons (Fsp3) is 0.375. The molecular weight excluding hydrogens is 298 g/mol. The first-order valence-corrected chi connectivity index (χ1v) is 7.75. The average Bonchev–Trinajstić information content (AvgIpc) is 2.48. The molecule has 1 aromatic carbocycles. The monoisotopic (exact) mass is 319 g/mol. The predicted octanol–water partition coefficient (Wildman–Crippen LogP) is 2.05. The fourth-order valence-corrected chi connectivity index (χ4v) is 2.85. The second kappa shape index (κ2) is 6.79. The van der Waals surface area contributed by atoms with Crippen molar-refractivity contribution in [1.29, 1.82) is 0 Å². The van der Waals surface area contributed by atoms with Gasteiger partial charge >= 0.3 is 0 Å². The van der Waals surface area contributed by atoms with Crippen molar-refractivity contribution in [3.05, 3.63) is 41.1 Å². The zero-order valence-electron chi connectivity index (χ0n) is 13.0. The average molecular weight is 319 g/mol. The lowest BCUT2D eigenvalue weighted by molar-refractivity contribution is -0.127. The SMILES string of the molecule is CCN(CC)C(=O)C1=C(C)NC(=S)NC1c1ccc(O)cc1. The van der Waals surface area contributed by atoms with Gasteiger partial charge in [-0.25, -0.2) is 0 Å². The Morgan fingerprint density at radius 1 is 1.27 bits per heavy atom. The van der Waals surface area contributed by atoms with Crippen molar-refractivity contribution in [2.75, 3.05) is 13.1 Å². The highest BCUT2D eigenvalue weighted by atomic mass is 32.1. The Bertz CT molecular complexity index is 606. The van der Waals surface area contributed by atoms with Crippen molar-refractivity contribution in [2.24, 2.45) is 0 Å². The van der Waals surface area contributed by atoms with Crippen LogP contribution in [0.5, 0.6) is 5.75 Å². The largest absolute Gasteiger partial charge is 0.508 e. The highest BCUT2D eigenvalue weighted by molar-refractivity contribution is 7.80. The number of phenols is 1. The zero-order chi connectivity index (χ0) is 16.3. The van der Waals surface area contributed by atoms with Gasteiger partial charge in [0.15, 0.2) is 5.11 Å². The van der Waals surface area contributed by atoms with E-state index in [2.05, 4.69) is 10.6 Å². The van der Waals surface area contributed by atoms with Gasteiger partial charge in [-0.05, 0) is 50.7 Å². The minimum atomic E-state index is -0.317. The molecule has 3 N–H and O–H groups in total. The molecule has 1 amide bonds. The molecule has 1 aromatic rings. The molecule has 1 aliphatic heterocycles. The number of amides is 1. The van der Waals surface area contributed by atoms with E-state index >= 15 is 0 Å². The van der Waals surface area contributed by atoms with Crippen molar-refractivity contribution in [2.45, 2.75) is 26.8 Å². The van der Waals surface area contributed by atoms with Gasteiger partial charge in [0.1, 0.15) is 5.75 Å². The molecule has 22 heavy (non-hydrogen) atoms. The zero-order valence-corrected chi connectivity index (χ0v) is 13.8. The number of hydrogen-bond acceptors (Lipinski definition) is 3. The van der Waals surface area contributed by atoms with Gasteiger partial charge in [-0.1, -0.05) is 12.1 Å². The van der Waals surface area contributed by atoms with E-state index in [1.165, 1.54) is 0 Å². The van der Waals surface area contributed by atoms with E-state index in [1.807, 2.05) is 20.8 Å². The molecule has 0 saturated carbocycles. The molecule has 6 heteroatoms. The van der Waals surface area contributed by atoms with Gasteiger partial charge in [-0.2, -0.15) is 0 Å². The van der Waals surface area contributed by atoms with Crippen LogP contribution in [-0.2, 0) is 4.79 Å². The van der Waals surface area contributed by atoms with Crippen LogP contribution < -0.4 is 10.6 Å². The first-order valence-electron chi connectivity index (χ1n) is 7.34. The second-order valence-electron chi connectivity index (χ2n) is 5.14. The topological polar surface area (TPSA) is 64.6 Å². The summed E-state index contributed by atoms with van der Waals surface area (Å²) in [6, 6.07) is 6.49. The molecular formula is C16H21N3O2S. The molecule has 0 aromatic heterocycles. The third kappa shape index (κ3) is 3.22. The van der Waals surface area contributed by atoms with Gasteiger partial charge in [0.05, 0.1) is 11.6 Å². The standard InChI is InChI=1S/C16H21N3O2S/c1-4-19(5-2)15(21)13-10(3)17-16(22)18-14(13)11-6-8-12(20)9-7-11/h6-9,14,20H,4-5H2,1-3H3,(H2,17,18,22). The Balaban J connectivity index is 2.45. The number of rotatable bonds is 4. The summed E-state index contributed by atoms with van der Waals surface area (Å²) >= 11 is 5.22. The van der Waals surface area contributed by atoms with Crippen molar-refractivity contribution in [3.8, 4) is 5.75 Å². The Kier molecular flexibility index (Phi) is 5.03. The second-order valence-corrected chi connectivity index (χ2v) is 5.55. The lowest BCUT2D eigenvalue weighted by atomic mass is 9.94. The van der Waals surface area contributed by atoms with E-state index in [0.717, 1.165) is 11.3 Å². The third-order valence-electron chi connectivity index (χ3n) is 3.78. The Labute approximate surface area is 136 Å². The Hall–Kier alpha value is -2.08. The summed E-state index contributed by atoms with van der Waals surface area (Å²) in [6.07, 6.45) is 0. The number of hydrogen-bond donors (Lipinski definition) is 3. The molecule has 0 saturated heterocycles. The number of aromatic hydroxyl groups is 1. The lowest BCUT2D eigenvalue weighted by Gasteiger charge is -2.33. The van der Waals surface area contributed by atoms with Gasteiger partial charge in [-0.3, -0.25) is 4.79 Å². The first-order chi connectivity index (χ1) is 10.5. The normalized spacial score (nSPS) is 17.8. The summed E-state index contributed by atoms with van der Waals surface area (Å²) in [5.74, 6) is 0.181. The molecule has 1 unspecified atom stereocenters. The number of nitrogens with one attached hydrogen (secondary N) is 2. The van der Waals surface area contributed by atoms with Crippen LogP contribution in [0.15, 0.2) is 35.5 Å². The number of carbonyl (C=O) groups excluding carboxylic acids is 1. The van der Waals surface area contributed by atoms with E-state index < -0.39 is 0 Å². The molecule has 1 aliphatic rings. The number of carbonyl (C=O) groups is 1. The summed E-state index contributed by atoms with van der Waals surface area (Å²) in [4.78, 5) is 14.6. The molecule has 0 aliphatic carbocycles. The van der Waals surface area contributed by atoms with Crippen LogP contribution >= 0.6 is 12.2 Å². The summed E-state index contributed by atoms with van der Waals surface area (Å²) < 4.78 is 0. The molecule has 0 spiro atoms. The van der Waals surface area contributed by atoms with Crippen molar-refractivity contribution in [1.82, 2.24) is 15.5 Å². The third-order valence-corrected chi connectivity index (χ3v) is 4.00. The van der Waals surface area contributed by atoms with Crippen LogP contribution in [0, 0.1) is 0 Å². The van der Waals surface area contributed by atoms with Crippen molar-refractivity contribution in [3.63, 3.8) is 0 Å². The molecule has 118 valence electrons. The maximum Gasteiger partial charge on any atom is 0.253 e. The summed E-state index contributed by atoms with van der Waals surface area (Å²) in [5.41, 5.74) is 2.30. The van der Waals surface area contributed by atoms with Crippen LogP contribution in [0.25, 0.3) is 0 Å². The van der Waals surface area contributed by atoms with E-state index in [0.29, 0.717) is 23.8 Å². The predicted molar refractivity (Wildman–Crippen MR) is 90.3 cm³/mol. The summed E-state index contributed by atoms with van der Waals surface area (Å²) in [6.45, 7) is 7.08.